The van der Waals surface area contributed by atoms with Crippen LogP contribution in [-0.4, -0.2) is 11.7 Å². The third-order valence-corrected chi connectivity index (χ3v) is 3.49. The van der Waals surface area contributed by atoms with Crippen LogP contribution in [0.25, 0.3) is 0 Å². The van der Waals surface area contributed by atoms with Crippen LogP contribution < -0.4 is 5.73 Å². The van der Waals surface area contributed by atoms with Crippen LogP contribution in [0, 0.1) is 12.3 Å². The van der Waals surface area contributed by atoms with Gasteiger partial charge >= 0.3 is 0 Å². The Labute approximate surface area is 83.4 Å². The Morgan fingerprint density at radius 3 is 2.62 bits per heavy atom. The van der Waals surface area contributed by atoms with E-state index < -0.39 is 6.10 Å². The molecule has 3 heteroatoms. The van der Waals surface area contributed by atoms with Gasteiger partial charge in [-0.25, -0.2) is 0 Å². The molecule has 0 aromatic carbocycles. The first-order chi connectivity index (χ1) is 5.99. The zero-order valence-corrected chi connectivity index (χ0v) is 9.19. The average Bonchev–Trinajstić information content (AvgIpc) is 2.50. The van der Waals surface area contributed by atoms with E-state index in [9.17, 15) is 5.11 Å². The van der Waals surface area contributed by atoms with Crippen molar-refractivity contribution in [2.24, 2.45) is 11.1 Å². The van der Waals surface area contributed by atoms with E-state index in [0.717, 1.165) is 10.4 Å². The highest BCUT2D eigenvalue weighted by molar-refractivity contribution is 7.10. The van der Waals surface area contributed by atoms with E-state index in [0.29, 0.717) is 6.54 Å². The van der Waals surface area contributed by atoms with Gasteiger partial charge in [-0.3, -0.25) is 0 Å². The van der Waals surface area contributed by atoms with Crippen LogP contribution in [0.2, 0.25) is 0 Å². The fourth-order valence-electron chi connectivity index (χ4n) is 1.13. The second-order valence-corrected chi connectivity index (χ2v) is 5.01. The molecule has 1 atom stereocenters. The lowest BCUT2D eigenvalue weighted by atomic mass is 9.85. The summed E-state index contributed by atoms with van der Waals surface area (Å²) >= 11 is 1.59. The maximum absolute atomic E-state index is 10.0. The number of rotatable bonds is 3. The third kappa shape index (κ3) is 2.10. The number of aliphatic hydroxyl groups is 1. The lowest BCUT2D eigenvalue weighted by Gasteiger charge is -2.28. The summed E-state index contributed by atoms with van der Waals surface area (Å²) in [5.74, 6) is 0. The summed E-state index contributed by atoms with van der Waals surface area (Å²) in [4.78, 5) is 1.04. The Morgan fingerprint density at radius 2 is 2.23 bits per heavy atom. The van der Waals surface area contributed by atoms with E-state index in [1.165, 1.54) is 0 Å². The van der Waals surface area contributed by atoms with E-state index in [1.54, 1.807) is 11.3 Å². The topological polar surface area (TPSA) is 46.2 Å². The predicted molar refractivity (Wildman–Crippen MR) is 56.9 cm³/mol. The molecule has 13 heavy (non-hydrogen) atoms. The number of aryl methyl sites for hydroxylation is 1. The van der Waals surface area contributed by atoms with Crippen LogP contribution in [0.15, 0.2) is 11.4 Å². The first kappa shape index (κ1) is 10.7. The van der Waals surface area contributed by atoms with Gasteiger partial charge in [-0.2, -0.15) is 0 Å². The summed E-state index contributed by atoms with van der Waals surface area (Å²) in [6.07, 6.45) is -0.447. The summed E-state index contributed by atoms with van der Waals surface area (Å²) < 4.78 is 0. The maximum Gasteiger partial charge on any atom is 0.0947 e. The van der Waals surface area contributed by atoms with Crippen molar-refractivity contribution in [3.63, 3.8) is 0 Å². The highest BCUT2D eigenvalue weighted by Crippen LogP contribution is 2.36. The molecule has 0 saturated heterocycles. The molecule has 1 aromatic heterocycles. The lowest BCUT2D eigenvalue weighted by molar-refractivity contribution is 0.0581. The van der Waals surface area contributed by atoms with Crippen LogP contribution >= 0.6 is 11.3 Å². The van der Waals surface area contributed by atoms with Gasteiger partial charge in [0.05, 0.1) is 6.10 Å². The van der Waals surface area contributed by atoms with Crippen molar-refractivity contribution in [1.29, 1.82) is 0 Å². The largest absolute Gasteiger partial charge is 0.387 e. The molecule has 0 amide bonds. The highest BCUT2D eigenvalue weighted by atomic mass is 32.1. The SMILES string of the molecule is Cc1ccsc1C(O)C(C)(C)CN. The predicted octanol–water partition coefficient (Wildman–Crippen LogP) is 2.07. The summed E-state index contributed by atoms with van der Waals surface area (Å²) in [5, 5.41) is 12.0. The van der Waals surface area contributed by atoms with Gasteiger partial charge < -0.3 is 10.8 Å². The third-order valence-electron chi connectivity index (χ3n) is 2.42. The van der Waals surface area contributed by atoms with Gasteiger partial charge in [0.15, 0.2) is 0 Å². The van der Waals surface area contributed by atoms with Gasteiger partial charge in [0.1, 0.15) is 0 Å². The quantitative estimate of drug-likeness (QED) is 0.783. The van der Waals surface area contributed by atoms with Crippen molar-refractivity contribution in [1.82, 2.24) is 0 Å². The van der Waals surface area contributed by atoms with E-state index in [1.807, 2.05) is 32.2 Å². The van der Waals surface area contributed by atoms with E-state index >= 15 is 0 Å². The Balaban J connectivity index is 2.91. The molecular formula is C10H17NOS. The van der Waals surface area contributed by atoms with E-state index in [-0.39, 0.29) is 5.41 Å². The fourth-order valence-corrected chi connectivity index (χ4v) is 2.25. The second-order valence-electron chi connectivity index (χ2n) is 4.06. The number of hydrogen-bond donors (Lipinski definition) is 2. The molecule has 0 aliphatic rings. The molecule has 0 bridgehead atoms. The van der Waals surface area contributed by atoms with Gasteiger partial charge in [0.2, 0.25) is 0 Å². The molecule has 0 spiro atoms. The minimum atomic E-state index is -0.447. The van der Waals surface area contributed by atoms with Gasteiger partial charge in [-0.1, -0.05) is 13.8 Å². The molecule has 0 radical (unpaired) electrons. The van der Waals surface area contributed by atoms with Crippen LogP contribution in [0.4, 0.5) is 0 Å². The number of thiophene rings is 1. The summed E-state index contributed by atoms with van der Waals surface area (Å²) in [7, 11) is 0. The molecule has 1 heterocycles. The minimum Gasteiger partial charge on any atom is -0.387 e. The molecule has 3 N–H and O–H groups in total. The maximum atomic E-state index is 10.0. The molecule has 2 nitrogen and oxygen atoms in total. The standard InChI is InChI=1S/C10H17NOS/c1-7-4-5-13-8(7)9(12)10(2,3)6-11/h4-5,9,12H,6,11H2,1-3H3. The first-order valence-electron chi connectivity index (χ1n) is 4.41. The number of aliphatic hydroxyl groups excluding tert-OH is 1. The van der Waals surface area contributed by atoms with Gasteiger partial charge in [-0.05, 0) is 23.9 Å². The Hall–Kier alpha value is -0.380. The lowest BCUT2D eigenvalue weighted by Crippen LogP contribution is -2.30. The van der Waals surface area contributed by atoms with Gasteiger partial charge in [0, 0.05) is 16.8 Å². The molecule has 74 valence electrons. The number of nitrogens with two attached hydrogens (primary N) is 1. The average molecular weight is 199 g/mol. The van der Waals surface area contributed by atoms with Crippen LogP contribution in [0.1, 0.15) is 30.4 Å². The molecule has 1 rings (SSSR count). The summed E-state index contributed by atoms with van der Waals surface area (Å²) in [5.41, 5.74) is 6.52. The Kier molecular flexibility index (Phi) is 3.11. The van der Waals surface area contributed by atoms with Crippen molar-refractivity contribution in [3.05, 3.63) is 21.9 Å². The van der Waals surface area contributed by atoms with Crippen molar-refractivity contribution in [2.45, 2.75) is 26.9 Å². The van der Waals surface area contributed by atoms with Gasteiger partial charge in [0.25, 0.3) is 0 Å². The highest BCUT2D eigenvalue weighted by Gasteiger charge is 2.29. The molecule has 0 saturated carbocycles. The van der Waals surface area contributed by atoms with Crippen LogP contribution in [-0.2, 0) is 0 Å². The zero-order valence-electron chi connectivity index (χ0n) is 8.37. The van der Waals surface area contributed by atoms with Crippen molar-refractivity contribution in [2.75, 3.05) is 6.54 Å². The summed E-state index contributed by atoms with van der Waals surface area (Å²) in [6, 6.07) is 2.02. The first-order valence-corrected chi connectivity index (χ1v) is 5.29. The van der Waals surface area contributed by atoms with Gasteiger partial charge in [-0.15, -0.1) is 11.3 Å². The monoisotopic (exact) mass is 199 g/mol. The Morgan fingerprint density at radius 1 is 1.62 bits per heavy atom. The zero-order chi connectivity index (χ0) is 10.1. The molecule has 0 aliphatic heterocycles. The van der Waals surface area contributed by atoms with Crippen molar-refractivity contribution in [3.8, 4) is 0 Å². The Bertz CT molecular complexity index is 280. The number of hydrogen-bond acceptors (Lipinski definition) is 3. The summed E-state index contributed by atoms with van der Waals surface area (Å²) in [6.45, 7) is 6.47. The van der Waals surface area contributed by atoms with Crippen molar-refractivity contribution >= 4 is 11.3 Å². The van der Waals surface area contributed by atoms with E-state index in [4.69, 9.17) is 5.73 Å². The molecule has 0 fully saturated rings. The van der Waals surface area contributed by atoms with Crippen LogP contribution in [0.5, 0.6) is 0 Å². The molecule has 1 unspecified atom stereocenters. The van der Waals surface area contributed by atoms with Crippen LogP contribution in [0.3, 0.4) is 0 Å². The van der Waals surface area contributed by atoms with E-state index in [2.05, 4.69) is 0 Å². The minimum absolute atomic E-state index is 0.240. The van der Waals surface area contributed by atoms with Crippen molar-refractivity contribution < 1.29 is 5.11 Å². The second kappa shape index (κ2) is 3.78. The molecular weight excluding hydrogens is 182 g/mol. The smallest absolute Gasteiger partial charge is 0.0947 e. The fraction of sp³-hybridized carbons (Fsp3) is 0.600. The molecule has 0 aliphatic carbocycles. The molecule has 1 aromatic rings. The normalized spacial score (nSPS) is 14.5.